The molecule has 2 N–H and O–H groups in total. The largest absolute Gasteiger partial charge is 0.380 e. The minimum Gasteiger partial charge on any atom is -0.380 e. The summed E-state index contributed by atoms with van der Waals surface area (Å²) in [6.07, 6.45) is 2.73. The van der Waals surface area contributed by atoms with Crippen molar-refractivity contribution < 1.29 is 9.59 Å². The van der Waals surface area contributed by atoms with E-state index < -0.39 is 0 Å². The van der Waals surface area contributed by atoms with Gasteiger partial charge in [-0.05, 0) is 37.3 Å². The average molecular weight is 360 g/mol. The number of rotatable bonds is 7. The molecule has 26 heavy (non-hydrogen) atoms. The van der Waals surface area contributed by atoms with Gasteiger partial charge in [0.05, 0.1) is 0 Å². The van der Waals surface area contributed by atoms with Crippen LogP contribution in [0.1, 0.15) is 47.0 Å². The number of likely N-dealkylation sites (tertiary alicyclic amines) is 1. The van der Waals surface area contributed by atoms with Crippen LogP contribution in [-0.2, 0) is 9.59 Å². The molecular formula is C21H33N3O2. The number of benzene rings is 1. The van der Waals surface area contributed by atoms with Gasteiger partial charge in [-0.3, -0.25) is 9.59 Å². The number of anilines is 1. The lowest BCUT2D eigenvalue weighted by Gasteiger charge is -2.36. The van der Waals surface area contributed by atoms with Crippen molar-refractivity contribution in [2.24, 2.45) is 11.8 Å². The maximum atomic E-state index is 12.8. The zero-order valence-electron chi connectivity index (χ0n) is 16.5. The van der Waals surface area contributed by atoms with Crippen LogP contribution in [0.25, 0.3) is 0 Å². The quantitative estimate of drug-likeness (QED) is 0.785. The number of para-hydroxylation sites is 1. The number of carbonyl (C=O) groups is 2. The third kappa shape index (κ3) is 5.48. The van der Waals surface area contributed by atoms with Crippen LogP contribution in [-0.4, -0.2) is 41.9 Å². The summed E-state index contributed by atoms with van der Waals surface area (Å²) < 4.78 is 0. The van der Waals surface area contributed by atoms with E-state index in [0.717, 1.165) is 24.9 Å². The van der Waals surface area contributed by atoms with Crippen LogP contribution in [0, 0.1) is 11.8 Å². The highest BCUT2D eigenvalue weighted by molar-refractivity contribution is 5.88. The third-order valence-electron chi connectivity index (χ3n) is 5.01. The first-order valence-electron chi connectivity index (χ1n) is 9.80. The molecular weight excluding hydrogens is 326 g/mol. The standard InChI is InChI=1S/C21H33N3O2/c1-15(2)18(23-17-10-6-5-7-11-17)14-22-20(25)19-12-8-9-13-24(19)21(26)16(3)4/h5-7,10-11,15-16,18-19,23H,8-9,12-14H2,1-4H3,(H,22,25)/t18-,19-/m0/s1. The maximum Gasteiger partial charge on any atom is 0.242 e. The molecule has 1 aromatic rings. The molecule has 0 aliphatic carbocycles. The van der Waals surface area contributed by atoms with Gasteiger partial charge in [-0.25, -0.2) is 0 Å². The fourth-order valence-electron chi connectivity index (χ4n) is 3.33. The molecule has 144 valence electrons. The van der Waals surface area contributed by atoms with Crippen molar-refractivity contribution in [2.45, 2.75) is 59.0 Å². The number of amides is 2. The van der Waals surface area contributed by atoms with Crippen molar-refractivity contribution in [3.63, 3.8) is 0 Å². The van der Waals surface area contributed by atoms with E-state index in [2.05, 4.69) is 24.5 Å². The summed E-state index contributed by atoms with van der Waals surface area (Å²) in [4.78, 5) is 27.0. The van der Waals surface area contributed by atoms with Crippen molar-refractivity contribution in [1.82, 2.24) is 10.2 Å². The van der Waals surface area contributed by atoms with Crippen LogP contribution >= 0.6 is 0 Å². The van der Waals surface area contributed by atoms with Gasteiger partial charge < -0.3 is 15.5 Å². The summed E-state index contributed by atoms with van der Waals surface area (Å²) in [5.74, 6) is 0.341. The summed E-state index contributed by atoms with van der Waals surface area (Å²) in [7, 11) is 0. The molecule has 2 amide bonds. The lowest BCUT2D eigenvalue weighted by Crippen LogP contribution is -2.54. The molecule has 0 bridgehead atoms. The van der Waals surface area contributed by atoms with E-state index in [9.17, 15) is 9.59 Å². The summed E-state index contributed by atoms with van der Waals surface area (Å²) in [6.45, 7) is 9.30. The number of piperidine rings is 1. The average Bonchev–Trinajstić information content (AvgIpc) is 2.64. The summed E-state index contributed by atoms with van der Waals surface area (Å²) >= 11 is 0. The smallest absolute Gasteiger partial charge is 0.242 e. The summed E-state index contributed by atoms with van der Waals surface area (Å²) in [5.41, 5.74) is 1.05. The number of nitrogens with one attached hydrogen (secondary N) is 2. The number of hydrogen-bond donors (Lipinski definition) is 2. The minimum atomic E-state index is -0.330. The zero-order valence-corrected chi connectivity index (χ0v) is 16.5. The number of carbonyl (C=O) groups excluding carboxylic acids is 2. The molecule has 0 spiro atoms. The SMILES string of the molecule is CC(C)C(=O)N1CCCC[C@H]1C(=O)NC[C@H](Nc1ccccc1)C(C)C. The fourth-order valence-corrected chi connectivity index (χ4v) is 3.33. The van der Waals surface area contributed by atoms with Gasteiger partial charge in [0.2, 0.25) is 11.8 Å². The predicted octanol–water partition coefficient (Wildman–Crippen LogP) is 3.28. The molecule has 0 radical (unpaired) electrons. The van der Waals surface area contributed by atoms with Crippen LogP contribution in [0.5, 0.6) is 0 Å². The Morgan fingerprint density at radius 1 is 1.12 bits per heavy atom. The van der Waals surface area contributed by atoms with Gasteiger partial charge in [-0.2, -0.15) is 0 Å². The monoisotopic (exact) mass is 359 g/mol. The molecule has 0 saturated carbocycles. The number of nitrogens with zero attached hydrogens (tertiary/aromatic N) is 1. The van der Waals surface area contributed by atoms with E-state index >= 15 is 0 Å². The molecule has 1 aliphatic heterocycles. The molecule has 1 saturated heterocycles. The molecule has 1 heterocycles. The Bertz CT molecular complexity index is 586. The van der Waals surface area contributed by atoms with Gasteiger partial charge in [0, 0.05) is 30.7 Å². The zero-order chi connectivity index (χ0) is 19.1. The second-order valence-corrected chi connectivity index (χ2v) is 7.80. The van der Waals surface area contributed by atoms with Crippen LogP contribution in [0.3, 0.4) is 0 Å². The van der Waals surface area contributed by atoms with Gasteiger partial charge in [0.25, 0.3) is 0 Å². The highest BCUT2D eigenvalue weighted by Crippen LogP contribution is 2.20. The first kappa shape index (κ1) is 20.3. The first-order chi connectivity index (χ1) is 12.4. The van der Waals surface area contributed by atoms with Crippen LogP contribution in [0.15, 0.2) is 30.3 Å². The lowest BCUT2D eigenvalue weighted by atomic mass is 9.98. The van der Waals surface area contributed by atoms with Gasteiger partial charge in [0.1, 0.15) is 6.04 Å². The first-order valence-corrected chi connectivity index (χ1v) is 9.80. The van der Waals surface area contributed by atoms with Crippen LogP contribution < -0.4 is 10.6 Å². The van der Waals surface area contributed by atoms with Crippen LogP contribution in [0.2, 0.25) is 0 Å². The van der Waals surface area contributed by atoms with E-state index in [1.807, 2.05) is 44.2 Å². The van der Waals surface area contributed by atoms with E-state index in [0.29, 0.717) is 19.0 Å². The Hall–Kier alpha value is -2.04. The highest BCUT2D eigenvalue weighted by Gasteiger charge is 2.33. The fraction of sp³-hybridized carbons (Fsp3) is 0.619. The third-order valence-corrected chi connectivity index (χ3v) is 5.01. The topological polar surface area (TPSA) is 61.4 Å². The predicted molar refractivity (Wildman–Crippen MR) is 106 cm³/mol. The molecule has 0 aromatic heterocycles. The second kappa shape index (κ2) is 9.60. The van der Waals surface area contributed by atoms with Crippen LogP contribution in [0.4, 0.5) is 5.69 Å². The summed E-state index contributed by atoms with van der Waals surface area (Å²) in [6, 6.07) is 9.84. The highest BCUT2D eigenvalue weighted by atomic mass is 16.2. The molecule has 5 heteroatoms. The Morgan fingerprint density at radius 3 is 2.42 bits per heavy atom. The van der Waals surface area contributed by atoms with Crippen molar-refractivity contribution in [3.8, 4) is 0 Å². The number of hydrogen-bond acceptors (Lipinski definition) is 3. The van der Waals surface area contributed by atoms with Crippen molar-refractivity contribution >= 4 is 17.5 Å². The molecule has 2 atom stereocenters. The lowest BCUT2D eigenvalue weighted by molar-refractivity contribution is -0.144. The molecule has 1 aromatic carbocycles. The molecule has 0 unspecified atom stereocenters. The molecule has 2 rings (SSSR count). The maximum absolute atomic E-state index is 12.8. The van der Waals surface area contributed by atoms with Gasteiger partial charge in [-0.15, -0.1) is 0 Å². The molecule has 1 aliphatic rings. The Kier molecular flexibility index (Phi) is 7.49. The Morgan fingerprint density at radius 2 is 1.81 bits per heavy atom. The van der Waals surface area contributed by atoms with E-state index in [1.54, 1.807) is 4.90 Å². The van der Waals surface area contributed by atoms with Crippen molar-refractivity contribution in [3.05, 3.63) is 30.3 Å². The van der Waals surface area contributed by atoms with Crippen molar-refractivity contribution in [2.75, 3.05) is 18.4 Å². The summed E-state index contributed by atoms with van der Waals surface area (Å²) in [5, 5.41) is 6.58. The van der Waals surface area contributed by atoms with E-state index in [1.165, 1.54) is 0 Å². The second-order valence-electron chi connectivity index (χ2n) is 7.80. The molecule has 5 nitrogen and oxygen atoms in total. The van der Waals surface area contributed by atoms with Gasteiger partial charge >= 0.3 is 0 Å². The van der Waals surface area contributed by atoms with Gasteiger partial charge in [-0.1, -0.05) is 45.9 Å². The van der Waals surface area contributed by atoms with Gasteiger partial charge in [0.15, 0.2) is 0 Å². The Labute approximate surface area is 157 Å². The minimum absolute atomic E-state index is 0.0285. The Balaban J connectivity index is 1.96. The van der Waals surface area contributed by atoms with Crippen molar-refractivity contribution in [1.29, 1.82) is 0 Å². The normalized spacial score (nSPS) is 18.7. The van der Waals surface area contributed by atoms with E-state index in [-0.39, 0.29) is 29.8 Å². The molecule has 1 fully saturated rings. The van der Waals surface area contributed by atoms with E-state index in [4.69, 9.17) is 0 Å².